The molecule has 3 heterocycles. The number of pyridine rings is 1. The highest BCUT2D eigenvalue weighted by Crippen LogP contribution is 2.35. The second-order valence-electron chi connectivity index (χ2n) is 8.59. The van der Waals surface area contributed by atoms with Crippen LogP contribution in [0, 0.1) is 0 Å². The van der Waals surface area contributed by atoms with Crippen molar-refractivity contribution in [3.63, 3.8) is 0 Å². The first kappa shape index (κ1) is 22.7. The molecule has 1 fully saturated rings. The Morgan fingerprint density at radius 3 is 2.74 bits per heavy atom. The van der Waals surface area contributed by atoms with Gasteiger partial charge in [-0.1, -0.05) is 35.0 Å². The summed E-state index contributed by atoms with van der Waals surface area (Å²) in [4.78, 5) is 32.7. The molecule has 0 atom stereocenters. The van der Waals surface area contributed by atoms with Gasteiger partial charge in [0, 0.05) is 41.9 Å². The van der Waals surface area contributed by atoms with E-state index in [0.29, 0.717) is 55.3 Å². The van der Waals surface area contributed by atoms with Crippen molar-refractivity contribution in [3.05, 3.63) is 63.8 Å². The number of benzene rings is 2. The topological polar surface area (TPSA) is 80.8 Å². The number of likely N-dealkylation sites (tertiary alicyclic amines) is 1. The molecule has 1 spiro atoms. The van der Waals surface area contributed by atoms with Crippen LogP contribution in [0.4, 0.5) is 0 Å². The average molecular weight is 524 g/mol. The van der Waals surface area contributed by atoms with Crippen LogP contribution in [0.25, 0.3) is 10.9 Å². The number of rotatable bonds is 4. The van der Waals surface area contributed by atoms with Crippen molar-refractivity contribution in [1.82, 2.24) is 15.2 Å². The van der Waals surface area contributed by atoms with Crippen LogP contribution in [0.1, 0.15) is 53.1 Å². The predicted molar refractivity (Wildman–Crippen MR) is 132 cm³/mol. The maximum absolute atomic E-state index is 13.4. The maximum atomic E-state index is 13.4. The zero-order chi connectivity index (χ0) is 23.9. The zero-order valence-electron chi connectivity index (χ0n) is 19.2. The number of hydrogen-bond acceptors (Lipinski definition) is 5. The molecule has 2 aliphatic heterocycles. The van der Waals surface area contributed by atoms with Gasteiger partial charge in [0.1, 0.15) is 17.2 Å². The number of ether oxygens (including phenoxy) is 2. The number of carbonyl (C=O) groups is 2. The van der Waals surface area contributed by atoms with Crippen LogP contribution in [0.15, 0.2) is 46.9 Å². The van der Waals surface area contributed by atoms with Crippen molar-refractivity contribution in [3.8, 4) is 11.5 Å². The molecule has 0 saturated carbocycles. The molecule has 176 valence electrons. The first-order valence-corrected chi connectivity index (χ1v) is 12.4. The minimum atomic E-state index is -0.808. The number of carbonyl (C=O) groups excluding carboxylic acids is 2. The summed E-state index contributed by atoms with van der Waals surface area (Å²) >= 11 is 3.40. The maximum Gasteiger partial charge on any atom is 0.272 e. The Hall–Kier alpha value is -3.13. The fourth-order valence-corrected chi connectivity index (χ4v) is 5.05. The molecule has 5 rings (SSSR count). The SMILES string of the molecule is CCOc1cc(C(=O)N2CCC3(CC2)NC(=O)c2cc(Br)ccc2O3)nc2c(CC)cccc12. The van der Waals surface area contributed by atoms with Crippen molar-refractivity contribution in [1.29, 1.82) is 0 Å². The first-order valence-electron chi connectivity index (χ1n) is 11.6. The number of halogens is 1. The van der Waals surface area contributed by atoms with Crippen LogP contribution in [0.3, 0.4) is 0 Å². The molecule has 0 bridgehead atoms. The number of piperidine rings is 1. The summed E-state index contributed by atoms with van der Waals surface area (Å²) < 4.78 is 12.9. The van der Waals surface area contributed by atoms with Crippen molar-refractivity contribution >= 4 is 38.6 Å². The number of aromatic nitrogens is 1. The van der Waals surface area contributed by atoms with Gasteiger partial charge in [0.05, 0.1) is 17.7 Å². The molecule has 34 heavy (non-hydrogen) atoms. The number of amides is 2. The molecular formula is C26H26BrN3O4. The Bertz CT molecular complexity index is 1280. The van der Waals surface area contributed by atoms with Gasteiger partial charge in [-0.25, -0.2) is 4.98 Å². The van der Waals surface area contributed by atoms with Crippen molar-refractivity contribution < 1.29 is 19.1 Å². The Kier molecular flexibility index (Phi) is 5.93. The van der Waals surface area contributed by atoms with E-state index >= 15 is 0 Å². The summed E-state index contributed by atoms with van der Waals surface area (Å²) in [6.45, 7) is 5.40. The number of nitrogens with one attached hydrogen (secondary N) is 1. The Balaban J connectivity index is 1.38. The van der Waals surface area contributed by atoms with Gasteiger partial charge in [-0.2, -0.15) is 0 Å². The van der Waals surface area contributed by atoms with Gasteiger partial charge >= 0.3 is 0 Å². The predicted octanol–water partition coefficient (Wildman–Crippen LogP) is 4.71. The number of nitrogens with zero attached hydrogens (tertiary/aromatic N) is 2. The zero-order valence-corrected chi connectivity index (χ0v) is 20.8. The van der Waals surface area contributed by atoms with Crippen LogP contribution >= 0.6 is 15.9 Å². The lowest BCUT2D eigenvalue weighted by molar-refractivity contribution is -0.0246. The van der Waals surface area contributed by atoms with E-state index in [1.54, 1.807) is 23.1 Å². The Labute approximate surface area is 206 Å². The molecule has 2 aliphatic rings. The molecule has 0 radical (unpaired) electrons. The van der Waals surface area contributed by atoms with Crippen molar-refractivity contribution in [2.75, 3.05) is 19.7 Å². The van der Waals surface area contributed by atoms with Gasteiger partial charge in [-0.15, -0.1) is 0 Å². The third kappa shape index (κ3) is 4.00. The van der Waals surface area contributed by atoms with E-state index in [1.807, 2.05) is 31.2 Å². The number of para-hydroxylation sites is 1. The van der Waals surface area contributed by atoms with E-state index in [0.717, 1.165) is 27.4 Å². The van der Waals surface area contributed by atoms with E-state index in [1.165, 1.54) is 0 Å². The normalized spacial score (nSPS) is 16.7. The fraction of sp³-hybridized carbons (Fsp3) is 0.346. The van der Waals surface area contributed by atoms with Crippen LogP contribution in [0.5, 0.6) is 11.5 Å². The molecule has 2 aromatic carbocycles. The Morgan fingerprint density at radius 1 is 1.21 bits per heavy atom. The van der Waals surface area contributed by atoms with Crippen LogP contribution < -0.4 is 14.8 Å². The van der Waals surface area contributed by atoms with Gasteiger partial charge in [0.25, 0.3) is 11.8 Å². The molecule has 0 aliphatic carbocycles. The molecule has 2 amide bonds. The summed E-state index contributed by atoms with van der Waals surface area (Å²) in [6.07, 6.45) is 1.80. The monoisotopic (exact) mass is 523 g/mol. The van der Waals surface area contributed by atoms with E-state index in [4.69, 9.17) is 14.5 Å². The summed E-state index contributed by atoms with van der Waals surface area (Å²) in [5, 5.41) is 3.94. The number of aryl methyl sites for hydroxylation is 1. The molecule has 1 N–H and O–H groups in total. The highest BCUT2D eigenvalue weighted by Gasteiger charge is 2.43. The second-order valence-corrected chi connectivity index (χ2v) is 9.50. The van der Waals surface area contributed by atoms with Gasteiger partial charge in [0.15, 0.2) is 5.72 Å². The van der Waals surface area contributed by atoms with Crippen LogP contribution in [0.2, 0.25) is 0 Å². The van der Waals surface area contributed by atoms with E-state index < -0.39 is 5.72 Å². The molecule has 1 aromatic heterocycles. The smallest absolute Gasteiger partial charge is 0.272 e. The lowest BCUT2D eigenvalue weighted by atomic mass is 9.96. The average Bonchev–Trinajstić information content (AvgIpc) is 2.84. The van der Waals surface area contributed by atoms with Gasteiger partial charge in [0.2, 0.25) is 0 Å². The quantitative estimate of drug-likeness (QED) is 0.535. The lowest BCUT2D eigenvalue weighted by Gasteiger charge is -2.44. The van der Waals surface area contributed by atoms with Crippen LogP contribution in [-0.2, 0) is 6.42 Å². The van der Waals surface area contributed by atoms with Crippen molar-refractivity contribution in [2.45, 2.75) is 38.8 Å². The van der Waals surface area contributed by atoms with Crippen molar-refractivity contribution in [2.24, 2.45) is 0 Å². The molecular weight excluding hydrogens is 498 g/mol. The summed E-state index contributed by atoms with van der Waals surface area (Å²) in [5.74, 6) is 0.934. The highest BCUT2D eigenvalue weighted by atomic mass is 79.9. The first-order chi connectivity index (χ1) is 16.4. The third-order valence-electron chi connectivity index (χ3n) is 6.48. The van der Waals surface area contributed by atoms with E-state index in [9.17, 15) is 9.59 Å². The standard InChI is InChI=1S/C26H26BrN3O4/c1-3-16-6-5-7-18-22(33-4-2)15-20(28-23(16)18)25(32)30-12-10-26(11-13-30)29-24(31)19-14-17(27)8-9-21(19)34-26/h5-9,14-15H,3-4,10-13H2,1-2H3,(H,29,31). The largest absolute Gasteiger partial charge is 0.493 e. The molecule has 1 saturated heterocycles. The lowest BCUT2D eigenvalue weighted by Crippen LogP contribution is -2.61. The highest BCUT2D eigenvalue weighted by molar-refractivity contribution is 9.10. The second kappa shape index (κ2) is 8.91. The Morgan fingerprint density at radius 2 is 2.00 bits per heavy atom. The van der Waals surface area contributed by atoms with Gasteiger partial charge in [-0.05, 0) is 43.2 Å². The van der Waals surface area contributed by atoms with E-state index in [-0.39, 0.29) is 11.8 Å². The summed E-state index contributed by atoms with van der Waals surface area (Å²) in [7, 11) is 0. The third-order valence-corrected chi connectivity index (χ3v) is 6.97. The van der Waals surface area contributed by atoms with E-state index in [2.05, 4.69) is 28.2 Å². The van der Waals surface area contributed by atoms with Crippen LogP contribution in [-0.4, -0.2) is 47.1 Å². The molecule has 8 heteroatoms. The van der Waals surface area contributed by atoms with Gasteiger partial charge < -0.3 is 19.7 Å². The summed E-state index contributed by atoms with van der Waals surface area (Å²) in [6, 6.07) is 13.2. The number of hydrogen-bond donors (Lipinski definition) is 1. The molecule has 7 nitrogen and oxygen atoms in total. The minimum absolute atomic E-state index is 0.143. The summed E-state index contributed by atoms with van der Waals surface area (Å²) in [5.41, 5.74) is 1.95. The fourth-order valence-electron chi connectivity index (χ4n) is 4.69. The molecule has 0 unspecified atom stereocenters. The molecule has 3 aromatic rings. The van der Waals surface area contributed by atoms with Gasteiger partial charge in [-0.3, -0.25) is 9.59 Å². The number of fused-ring (bicyclic) bond motifs is 2. The minimum Gasteiger partial charge on any atom is -0.493 e.